The van der Waals surface area contributed by atoms with Crippen LogP contribution in [0, 0.1) is 0 Å². The van der Waals surface area contributed by atoms with E-state index in [1.165, 1.54) is 11.3 Å². The van der Waals surface area contributed by atoms with E-state index in [4.69, 9.17) is 22.1 Å². The van der Waals surface area contributed by atoms with E-state index >= 15 is 0 Å². The molecule has 0 aliphatic rings. The molecule has 3 nitrogen and oxygen atoms in total. The topological polar surface area (TPSA) is 48.1 Å². The summed E-state index contributed by atoms with van der Waals surface area (Å²) < 4.78 is 6.00. The number of halogens is 1. The maximum atomic E-state index is 5.96. The molecule has 0 spiro atoms. The van der Waals surface area contributed by atoms with Crippen molar-refractivity contribution in [2.24, 2.45) is 0 Å². The smallest absolute Gasteiger partial charge is 0.181 e. The van der Waals surface area contributed by atoms with Crippen molar-refractivity contribution in [2.75, 3.05) is 12.8 Å². The molecule has 0 amide bonds. The molecule has 1 aromatic carbocycles. The Hall–Kier alpha value is -1.00. The molecular formula is C8H7ClN2OS. The molecule has 2 N–H and O–H groups in total. The average Bonchev–Trinajstić information content (AvgIpc) is 2.48. The van der Waals surface area contributed by atoms with Crippen LogP contribution in [0.5, 0.6) is 5.75 Å². The Balaban J connectivity index is 2.83. The molecule has 0 saturated heterocycles. The fraction of sp³-hybridized carbons (Fsp3) is 0.125. The van der Waals surface area contributed by atoms with Gasteiger partial charge in [-0.2, -0.15) is 0 Å². The third-order valence-electron chi connectivity index (χ3n) is 1.69. The molecule has 2 aromatic rings. The number of hydrogen-bond acceptors (Lipinski definition) is 4. The van der Waals surface area contributed by atoms with Gasteiger partial charge in [-0.3, -0.25) is 0 Å². The summed E-state index contributed by atoms with van der Waals surface area (Å²) in [6.07, 6.45) is 0. The number of nitrogen functional groups attached to an aromatic ring is 1. The van der Waals surface area contributed by atoms with Gasteiger partial charge in [0.05, 0.1) is 16.8 Å². The molecule has 0 bridgehead atoms. The van der Waals surface area contributed by atoms with E-state index in [9.17, 15) is 0 Å². The van der Waals surface area contributed by atoms with Gasteiger partial charge in [-0.05, 0) is 12.1 Å². The number of hydrogen-bond donors (Lipinski definition) is 1. The summed E-state index contributed by atoms with van der Waals surface area (Å²) in [5.74, 6) is 0.701. The number of thiazole rings is 1. The number of nitrogens with two attached hydrogens (primary N) is 1. The van der Waals surface area contributed by atoms with Crippen molar-refractivity contribution in [2.45, 2.75) is 0 Å². The lowest BCUT2D eigenvalue weighted by Gasteiger charge is -1.99. The minimum Gasteiger partial charge on any atom is -0.494 e. The first-order valence-corrected chi connectivity index (χ1v) is 4.80. The van der Waals surface area contributed by atoms with Gasteiger partial charge in [0.1, 0.15) is 11.3 Å². The second-order valence-corrected chi connectivity index (χ2v) is 3.92. The zero-order valence-electron chi connectivity index (χ0n) is 6.87. The van der Waals surface area contributed by atoms with Crippen LogP contribution >= 0.6 is 22.9 Å². The highest BCUT2D eigenvalue weighted by Gasteiger charge is 2.09. The average molecular weight is 215 g/mol. The van der Waals surface area contributed by atoms with Gasteiger partial charge in [-0.1, -0.05) is 22.9 Å². The van der Waals surface area contributed by atoms with E-state index in [1.807, 2.05) is 0 Å². The van der Waals surface area contributed by atoms with Crippen LogP contribution in [-0.2, 0) is 0 Å². The van der Waals surface area contributed by atoms with Crippen LogP contribution in [0.25, 0.3) is 10.2 Å². The minimum absolute atomic E-state index is 0.501. The predicted octanol–water partition coefficient (Wildman–Crippen LogP) is 2.54. The second kappa shape index (κ2) is 3.05. The Kier molecular flexibility index (Phi) is 2.01. The van der Waals surface area contributed by atoms with Crippen molar-refractivity contribution >= 4 is 38.3 Å². The minimum atomic E-state index is 0.501. The van der Waals surface area contributed by atoms with Gasteiger partial charge in [0.25, 0.3) is 0 Å². The van der Waals surface area contributed by atoms with E-state index in [-0.39, 0.29) is 0 Å². The van der Waals surface area contributed by atoms with Crippen LogP contribution in [0.3, 0.4) is 0 Å². The molecular weight excluding hydrogens is 208 g/mol. The number of nitrogens with zero attached hydrogens (tertiary/aromatic N) is 1. The number of fused-ring (bicyclic) bond motifs is 1. The van der Waals surface area contributed by atoms with E-state index in [0.717, 1.165) is 10.2 Å². The molecule has 0 aliphatic carbocycles. The lowest BCUT2D eigenvalue weighted by atomic mass is 10.3. The number of methoxy groups -OCH3 is 1. The molecule has 0 aliphatic heterocycles. The van der Waals surface area contributed by atoms with Crippen molar-refractivity contribution in [1.29, 1.82) is 0 Å². The van der Waals surface area contributed by atoms with Gasteiger partial charge >= 0.3 is 0 Å². The van der Waals surface area contributed by atoms with Crippen molar-refractivity contribution in [3.8, 4) is 5.75 Å². The van der Waals surface area contributed by atoms with E-state index in [2.05, 4.69) is 4.98 Å². The van der Waals surface area contributed by atoms with E-state index in [1.54, 1.807) is 19.2 Å². The highest BCUT2D eigenvalue weighted by Crippen LogP contribution is 2.35. The van der Waals surface area contributed by atoms with Crippen molar-refractivity contribution < 1.29 is 4.74 Å². The molecule has 0 radical (unpaired) electrons. The molecule has 0 fully saturated rings. The second-order valence-electron chi connectivity index (χ2n) is 2.48. The molecule has 2 rings (SSSR count). The van der Waals surface area contributed by atoms with Crippen LogP contribution < -0.4 is 10.5 Å². The standard InChI is InChI=1S/C8H7ClN2OS/c1-12-5-3-2-4(9)7-6(5)11-8(10)13-7/h2-3H,1H3,(H2,10,11). The number of ether oxygens (including phenoxy) is 1. The molecule has 68 valence electrons. The van der Waals surface area contributed by atoms with Gasteiger partial charge in [0, 0.05) is 0 Å². The Morgan fingerprint density at radius 1 is 1.54 bits per heavy atom. The van der Waals surface area contributed by atoms with E-state index in [0.29, 0.717) is 15.9 Å². The summed E-state index contributed by atoms with van der Waals surface area (Å²) in [5, 5.41) is 1.16. The third-order valence-corrected chi connectivity index (χ3v) is 3.04. The fourth-order valence-electron chi connectivity index (χ4n) is 1.13. The SMILES string of the molecule is COc1ccc(Cl)c2sc(N)nc12. The fourth-order valence-corrected chi connectivity index (χ4v) is 2.16. The van der Waals surface area contributed by atoms with Crippen LogP contribution in [0.15, 0.2) is 12.1 Å². The lowest BCUT2D eigenvalue weighted by molar-refractivity contribution is 0.419. The zero-order valence-corrected chi connectivity index (χ0v) is 8.45. The zero-order chi connectivity index (χ0) is 9.42. The van der Waals surface area contributed by atoms with Crippen molar-refractivity contribution in [3.63, 3.8) is 0 Å². The van der Waals surface area contributed by atoms with Crippen molar-refractivity contribution in [3.05, 3.63) is 17.2 Å². The van der Waals surface area contributed by atoms with Crippen LogP contribution in [0.4, 0.5) is 5.13 Å². The first kappa shape index (κ1) is 8.59. The van der Waals surface area contributed by atoms with Gasteiger partial charge in [-0.15, -0.1) is 0 Å². The molecule has 0 unspecified atom stereocenters. The Morgan fingerprint density at radius 2 is 2.31 bits per heavy atom. The lowest BCUT2D eigenvalue weighted by Crippen LogP contribution is -1.85. The number of benzene rings is 1. The maximum absolute atomic E-state index is 5.96. The first-order chi connectivity index (χ1) is 6.22. The maximum Gasteiger partial charge on any atom is 0.181 e. The number of rotatable bonds is 1. The summed E-state index contributed by atoms with van der Waals surface area (Å²) in [5.41, 5.74) is 6.31. The van der Waals surface area contributed by atoms with Gasteiger partial charge in [-0.25, -0.2) is 4.98 Å². The quantitative estimate of drug-likeness (QED) is 0.794. The molecule has 13 heavy (non-hydrogen) atoms. The normalized spacial score (nSPS) is 10.6. The molecule has 0 atom stereocenters. The highest BCUT2D eigenvalue weighted by molar-refractivity contribution is 7.22. The largest absolute Gasteiger partial charge is 0.494 e. The van der Waals surface area contributed by atoms with Gasteiger partial charge < -0.3 is 10.5 Å². The highest BCUT2D eigenvalue weighted by atomic mass is 35.5. The monoisotopic (exact) mass is 214 g/mol. The Labute approximate surface area is 84.1 Å². The number of anilines is 1. The summed E-state index contributed by atoms with van der Waals surface area (Å²) in [4.78, 5) is 4.13. The molecule has 0 saturated carbocycles. The summed E-state index contributed by atoms with van der Waals surface area (Å²) in [7, 11) is 1.60. The summed E-state index contributed by atoms with van der Waals surface area (Å²) in [6.45, 7) is 0. The summed E-state index contributed by atoms with van der Waals surface area (Å²) in [6, 6.07) is 3.56. The molecule has 5 heteroatoms. The number of aromatic nitrogens is 1. The van der Waals surface area contributed by atoms with Gasteiger partial charge in [0.15, 0.2) is 5.13 Å². The third kappa shape index (κ3) is 1.32. The van der Waals surface area contributed by atoms with Crippen LogP contribution in [-0.4, -0.2) is 12.1 Å². The Morgan fingerprint density at radius 3 is 3.00 bits per heavy atom. The summed E-state index contributed by atoms with van der Waals surface area (Å²) >= 11 is 7.32. The predicted molar refractivity (Wildman–Crippen MR) is 55.6 cm³/mol. The van der Waals surface area contributed by atoms with Crippen LogP contribution in [0.2, 0.25) is 5.02 Å². The Bertz CT molecular complexity index is 455. The first-order valence-electron chi connectivity index (χ1n) is 3.61. The van der Waals surface area contributed by atoms with Crippen molar-refractivity contribution in [1.82, 2.24) is 4.98 Å². The van der Waals surface area contributed by atoms with Gasteiger partial charge in [0.2, 0.25) is 0 Å². The van der Waals surface area contributed by atoms with Crippen LogP contribution in [0.1, 0.15) is 0 Å². The van der Waals surface area contributed by atoms with E-state index < -0.39 is 0 Å². The molecule has 1 heterocycles. The molecule has 1 aromatic heterocycles.